The summed E-state index contributed by atoms with van der Waals surface area (Å²) in [6, 6.07) is 1.91. The van der Waals surface area contributed by atoms with Crippen LogP contribution in [0.3, 0.4) is 0 Å². The van der Waals surface area contributed by atoms with Crippen molar-refractivity contribution in [3.63, 3.8) is 0 Å². The number of nitrogens with two attached hydrogens (primary N) is 1. The van der Waals surface area contributed by atoms with Crippen molar-refractivity contribution in [3.05, 3.63) is 6.07 Å². The van der Waals surface area contributed by atoms with Crippen LogP contribution in [0.4, 0.5) is 17.6 Å². The molecule has 1 atom stereocenters. The number of piperidine rings is 1. The lowest BCUT2D eigenvalue weighted by molar-refractivity contribution is -0.00481. The Morgan fingerprint density at radius 2 is 2.28 bits per heavy atom. The van der Waals surface area contributed by atoms with E-state index >= 15 is 0 Å². The number of ether oxygens (including phenoxy) is 1. The summed E-state index contributed by atoms with van der Waals surface area (Å²) in [5, 5.41) is 2.99. The van der Waals surface area contributed by atoms with E-state index in [-0.39, 0.29) is 5.60 Å². The van der Waals surface area contributed by atoms with E-state index in [2.05, 4.69) is 27.1 Å². The molecule has 1 unspecified atom stereocenters. The Labute approximate surface area is 108 Å². The Hall–Kier alpha value is -1.56. The lowest BCUT2D eigenvalue weighted by Crippen LogP contribution is -2.47. The molecule has 0 bridgehead atoms. The van der Waals surface area contributed by atoms with Crippen LogP contribution in [0.2, 0.25) is 0 Å². The molecule has 3 N–H and O–H groups in total. The van der Waals surface area contributed by atoms with Gasteiger partial charge in [0.2, 0.25) is 5.95 Å². The van der Waals surface area contributed by atoms with E-state index in [0.29, 0.717) is 5.95 Å². The largest absolute Gasteiger partial charge is 0.377 e. The number of rotatable bonds is 3. The number of aromatic nitrogens is 2. The van der Waals surface area contributed by atoms with Gasteiger partial charge in [-0.2, -0.15) is 9.97 Å². The molecule has 1 saturated heterocycles. The second-order valence-corrected chi connectivity index (χ2v) is 4.90. The number of nitrogens with one attached hydrogen (secondary N) is 1. The summed E-state index contributed by atoms with van der Waals surface area (Å²) in [6.07, 6.45) is 2.16. The van der Waals surface area contributed by atoms with E-state index in [1.165, 1.54) is 0 Å². The number of nitrogen functional groups attached to an aromatic ring is 1. The molecule has 100 valence electrons. The monoisotopic (exact) mass is 251 g/mol. The third-order valence-corrected chi connectivity index (χ3v) is 3.46. The minimum Gasteiger partial charge on any atom is -0.377 e. The molecule has 1 aromatic rings. The normalized spacial score (nSPS) is 24.1. The Kier molecular flexibility index (Phi) is 3.56. The van der Waals surface area contributed by atoms with Gasteiger partial charge in [-0.25, -0.2) is 0 Å². The summed E-state index contributed by atoms with van der Waals surface area (Å²) in [5.74, 6) is 1.89. The highest BCUT2D eigenvalue weighted by Gasteiger charge is 2.31. The number of hydrogen-bond acceptors (Lipinski definition) is 6. The smallest absolute Gasteiger partial charge is 0.223 e. The molecule has 2 rings (SSSR count). The van der Waals surface area contributed by atoms with Crippen molar-refractivity contribution in [1.29, 1.82) is 0 Å². The van der Waals surface area contributed by atoms with Crippen LogP contribution >= 0.6 is 0 Å². The highest BCUT2D eigenvalue weighted by atomic mass is 16.5. The predicted octanol–water partition coefficient (Wildman–Crippen LogP) is 1.11. The molecule has 0 aliphatic carbocycles. The molecule has 6 nitrogen and oxygen atoms in total. The number of anilines is 3. The fourth-order valence-corrected chi connectivity index (χ4v) is 2.31. The standard InChI is InChI=1S/C12H21N5O/c1-12(18-3)5-4-6-17(8-12)10-7-9(14-2)15-11(13)16-10/h7H,4-6,8H2,1-3H3,(H3,13,14,15,16). The summed E-state index contributed by atoms with van der Waals surface area (Å²) in [7, 11) is 3.58. The van der Waals surface area contributed by atoms with Gasteiger partial charge in [0, 0.05) is 33.3 Å². The maximum absolute atomic E-state index is 5.72. The zero-order chi connectivity index (χ0) is 13.2. The second-order valence-electron chi connectivity index (χ2n) is 4.90. The first-order chi connectivity index (χ1) is 8.56. The van der Waals surface area contributed by atoms with Gasteiger partial charge in [0.1, 0.15) is 11.6 Å². The summed E-state index contributed by atoms with van der Waals surface area (Å²) in [6.45, 7) is 3.92. The zero-order valence-corrected chi connectivity index (χ0v) is 11.2. The number of nitrogens with zero attached hydrogens (tertiary/aromatic N) is 3. The fourth-order valence-electron chi connectivity index (χ4n) is 2.31. The van der Waals surface area contributed by atoms with E-state index in [4.69, 9.17) is 10.5 Å². The maximum Gasteiger partial charge on any atom is 0.223 e. The molecule has 0 aromatic carbocycles. The van der Waals surface area contributed by atoms with Crippen LogP contribution in [-0.2, 0) is 4.74 Å². The first kappa shape index (κ1) is 12.9. The average molecular weight is 251 g/mol. The molecule has 1 aliphatic heterocycles. The van der Waals surface area contributed by atoms with E-state index < -0.39 is 0 Å². The van der Waals surface area contributed by atoms with Gasteiger partial charge in [-0.05, 0) is 19.8 Å². The Morgan fingerprint density at radius 1 is 1.50 bits per heavy atom. The highest BCUT2D eigenvalue weighted by molar-refractivity contribution is 5.52. The van der Waals surface area contributed by atoms with E-state index in [0.717, 1.165) is 37.6 Å². The van der Waals surface area contributed by atoms with Gasteiger partial charge in [-0.15, -0.1) is 0 Å². The van der Waals surface area contributed by atoms with Gasteiger partial charge in [0.05, 0.1) is 5.60 Å². The van der Waals surface area contributed by atoms with Crippen molar-refractivity contribution in [2.75, 3.05) is 43.2 Å². The maximum atomic E-state index is 5.72. The summed E-state index contributed by atoms with van der Waals surface area (Å²) in [5.41, 5.74) is 5.61. The Bertz CT molecular complexity index is 425. The molecule has 0 radical (unpaired) electrons. The van der Waals surface area contributed by atoms with Gasteiger partial charge >= 0.3 is 0 Å². The summed E-state index contributed by atoms with van der Waals surface area (Å²) < 4.78 is 5.59. The molecule has 2 heterocycles. The molecule has 1 aromatic heterocycles. The predicted molar refractivity (Wildman–Crippen MR) is 72.9 cm³/mol. The van der Waals surface area contributed by atoms with E-state index in [9.17, 15) is 0 Å². The number of hydrogen-bond donors (Lipinski definition) is 2. The SMILES string of the molecule is CNc1cc(N2CCCC(C)(OC)C2)nc(N)n1. The third-order valence-electron chi connectivity index (χ3n) is 3.46. The van der Waals surface area contributed by atoms with Gasteiger partial charge in [-0.3, -0.25) is 0 Å². The molecule has 0 amide bonds. The molecule has 6 heteroatoms. The van der Waals surface area contributed by atoms with Gasteiger partial charge < -0.3 is 20.7 Å². The first-order valence-electron chi connectivity index (χ1n) is 6.19. The summed E-state index contributed by atoms with van der Waals surface area (Å²) in [4.78, 5) is 10.6. The lowest BCUT2D eigenvalue weighted by atomic mass is 9.95. The fraction of sp³-hybridized carbons (Fsp3) is 0.667. The van der Waals surface area contributed by atoms with Crippen LogP contribution in [0.5, 0.6) is 0 Å². The Balaban J connectivity index is 2.23. The van der Waals surface area contributed by atoms with Crippen molar-refractivity contribution in [1.82, 2.24) is 9.97 Å². The zero-order valence-electron chi connectivity index (χ0n) is 11.2. The minimum atomic E-state index is -0.113. The van der Waals surface area contributed by atoms with Crippen molar-refractivity contribution >= 4 is 17.6 Å². The van der Waals surface area contributed by atoms with Gasteiger partial charge in [0.15, 0.2) is 0 Å². The van der Waals surface area contributed by atoms with Crippen LogP contribution < -0.4 is 16.0 Å². The third kappa shape index (κ3) is 2.64. The molecule has 1 fully saturated rings. The van der Waals surface area contributed by atoms with Gasteiger partial charge in [-0.1, -0.05) is 0 Å². The number of methoxy groups -OCH3 is 1. The van der Waals surface area contributed by atoms with Gasteiger partial charge in [0.25, 0.3) is 0 Å². The van der Waals surface area contributed by atoms with Crippen molar-refractivity contribution in [3.8, 4) is 0 Å². The van der Waals surface area contributed by atoms with E-state index in [1.54, 1.807) is 7.11 Å². The van der Waals surface area contributed by atoms with Crippen LogP contribution in [0, 0.1) is 0 Å². The van der Waals surface area contributed by atoms with Crippen LogP contribution in [-0.4, -0.2) is 42.8 Å². The molecule has 18 heavy (non-hydrogen) atoms. The lowest BCUT2D eigenvalue weighted by Gasteiger charge is -2.40. The molecule has 1 aliphatic rings. The Morgan fingerprint density at radius 3 is 2.94 bits per heavy atom. The highest BCUT2D eigenvalue weighted by Crippen LogP contribution is 2.28. The van der Waals surface area contributed by atoms with Crippen molar-refractivity contribution in [2.45, 2.75) is 25.4 Å². The van der Waals surface area contributed by atoms with E-state index in [1.807, 2.05) is 13.1 Å². The van der Waals surface area contributed by atoms with Crippen LogP contribution in [0.15, 0.2) is 6.07 Å². The average Bonchev–Trinajstić information content (AvgIpc) is 2.38. The minimum absolute atomic E-state index is 0.113. The molecule has 0 saturated carbocycles. The van der Waals surface area contributed by atoms with Crippen molar-refractivity contribution < 1.29 is 4.74 Å². The molecular weight excluding hydrogens is 230 g/mol. The topological polar surface area (TPSA) is 76.3 Å². The quantitative estimate of drug-likeness (QED) is 0.838. The van der Waals surface area contributed by atoms with Crippen molar-refractivity contribution in [2.24, 2.45) is 0 Å². The van der Waals surface area contributed by atoms with Crippen LogP contribution in [0.25, 0.3) is 0 Å². The second kappa shape index (κ2) is 4.97. The summed E-state index contributed by atoms with van der Waals surface area (Å²) >= 11 is 0. The first-order valence-corrected chi connectivity index (χ1v) is 6.19. The molecule has 0 spiro atoms. The van der Waals surface area contributed by atoms with Crippen LogP contribution in [0.1, 0.15) is 19.8 Å². The molecular formula is C12H21N5O.